The molecule has 1 saturated heterocycles. The van der Waals surface area contributed by atoms with Crippen molar-refractivity contribution in [3.05, 3.63) is 59.5 Å². The van der Waals surface area contributed by atoms with E-state index in [1.807, 2.05) is 18.2 Å². The number of H-pyrrole nitrogens is 1. The van der Waals surface area contributed by atoms with Crippen LogP contribution in [0, 0.1) is 5.82 Å². The molecule has 1 atom stereocenters. The molecule has 2 N–H and O–H groups in total. The Labute approximate surface area is 138 Å². The number of phenols is 1. The van der Waals surface area contributed by atoms with E-state index in [4.69, 9.17) is 4.74 Å². The summed E-state index contributed by atoms with van der Waals surface area (Å²) in [6.45, 7) is 2.55. The summed E-state index contributed by atoms with van der Waals surface area (Å²) in [6, 6.07) is 10.1. The van der Waals surface area contributed by atoms with Gasteiger partial charge in [0, 0.05) is 29.6 Å². The lowest BCUT2D eigenvalue weighted by molar-refractivity contribution is 0.0230. The zero-order valence-corrected chi connectivity index (χ0v) is 13.1. The summed E-state index contributed by atoms with van der Waals surface area (Å²) in [5, 5.41) is 18.4. The summed E-state index contributed by atoms with van der Waals surface area (Å²) in [5.74, 6) is -0.164. The van der Waals surface area contributed by atoms with Crippen molar-refractivity contribution >= 4 is 10.9 Å². The number of ether oxygens (including phenoxy) is 1. The van der Waals surface area contributed by atoms with Crippen molar-refractivity contribution < 1.29 is 14.2 Å². The molecule has 2 heterocycles. The van der Waals surface area contributed by atoms with E-state index in [0.29, 0.717) is 42.9 Å². The number of rotatable bonds is 3. The normalized spacial score (nSPS) is 17.2. The Morgan fingerprint density at radius 3 is 2.71 bits per heavy atom. The molecule has 3 aromatic rings. The number of phenolic OH excluding ortho intramolecular Hbond substituents is 1. The van der Waals surface area contributed by atoms with Crippen LogP contribution in [0.15, 0.2) is 42.6 Å². The number of hydrogen-bond acceptors (Lipinski definition) is 4. The van der Waals surface area contributed by atoms with Crippen LogP contribution in [-0.2, 0) is 4.74 Å². The van der Waals surface area contributed by atoms with E-state index in [-0.39, 0.29) is 17.6 Å². The number of aromatic hydroxyl groups is 1. The molecule has 0 aliphatic carbocycles. The molecule has 24 heavy (non-hydrogen) atoms. The van der Waals surface area contributed by atoms with Gasteiger partial charge in [0.05, 0.1) is 25.5 Å². The van der Waals surface area contributed by atoms with Crippen molar-refractivity contribution in [2.75, 3.05) is 26.3 Å². The van der Waals surface area contributed by atoms with Gasteiger partial charge in [-0.05, 0) is 6.07 Å². The third-order valence-corrected chi connectivity index (χ3v) is 4.53. The molecule has 1 aliphatic rings. The molecule has 1 aliphatic heterocycles. The Morgan fingerprint density at radius 2 is 1.92 bits per heavy atom. The van der Waals surface area contributed by atoms with Crippen LogP contribution >= 0.6 is 0 Å². The summed E-state index contributed by atoms with van der Waals surface area (Å²) in [5.41, 5.74) is 1.79. The fourth-order valence-corrected chi connectivity index (χ4v) is 3.33. The Balaban J connectivity index is 1.87. The van der Waals surface area contributed by atoms with Crippen molar-refractivity contribution in [3.8, 4) is 5.75 Å². The zero-order valence-electron chi connectivity index (χ0n) is 13.1. The molecule has 124 valence electrons. The molecule has 5 nitrogen and oxygen atoms in total. The number of nitrogens with one attached hydrogen (secondary N) is 1. The van der Waals surface area contributed by atoms with Gasteiger partial charge >= 0.3 is 0 Å². The fraction of sp³-hybridized carbons (Fsp3) is 0.278. The van der Waals surface area contributed by atoms with Gasteiger partial charge in [-0.1, -0.05) is 30.3 Å². The van der Waals surface area contributed by atoms with E-state index in [1.54, 1.807) is 18.3 Å². The van der Waals surface area contributed by atoms with Crippen LogP contribution in [0.4, 0.5) is 4.39 Å². The summed E-state index contributed by atoms with van der Waals surface area (Å²) in [6.07, 6.45) is 1.66. The standard InChI is InChI=1S/C18H18FN3O2/c19-15-4-2-1-3-13(15)17(22-7-9-24-10-8-22)14-6-5-12-11-20-21-16(12)18(14)23/h1-6,11,17,23H,7-10H2,(H,20,21). The molecular weight excluding hydrogens is 309 g/mol. The molecule has 1 unspecified atom stereocenters. The smallest absolute Gasteiger partial charge is 0.146 e. The van der Waals surface area contributed by atoms with Gasteiger partial charge in [-0.3, -0.25) is 10.00 Å². The minimum absolute atomic E-state index is 0.116. The first-order chi connectivity index (χ1) is 11.8. The number of nitrogens with zero attached hydrogens (tertiary/aromatic N) is 2. The maximum Gasteiger partial charge on any atom is 0.146 e. The summed E-state index contributed by atoms with van der Waals surface area (Å²) < 4.78 is 19.9. The molecule has 4 rings (SSSR count). The van der Waals surface area contributed by atoms with Gasteiger partial charge in [0.15, 0.2) is 0 Å². The second-order valence-electron chi connectivity index (χ2n) is 5.91. The van der Waals surface area contributed by atoms with Crippen molar-refractivity contribution in [2.24, 2.45) is 0 Å². The van der Waals surface area contributed by atoms with Crippen LogP contribution in [0.5, 0.6) is 5.75 Å². The summed E-state index contributed by atoms with van der Waals surface area (Å²) in [7, 11) is 0. The zero-order chi connectivity index (χ0) is 16.5. The van der Waals surface area contributed by atoms with E-state index < -0.39 is 0 Å². The topological polar surface area (TPSA) is 61.4 Å². The van der Waals surface area contributed by atoms with Crippen molar-refractivity contribution in [1.29, 1.82) is 0 Å². The average molecular weight is 327 g/mol. The predicted molar refractivity (Wildman–Crippen MR) is 88.4 cm³/mol. The van der Waals surface area contributed by atoms with Gasteiger partial charge < -0.3 is 9.84 Å². The van der Waals surface area contributed by atoms with Crippen molar-refractivity contribution in [2.45, 2.75) is 6.04 Å². The number of morpholine rings is 1. The van der Waals surface area contributed by atoms with Crippen molar-refractivity contribution in [3.63, 3.8) is 0 Å². The Morgan fingerprint density at radius 1 is 1.12 bits per heavy atom. The first-order valence-corrected chi connectivity index (χ1v) is 7.97. The number of hydrogen-bond donors (Lipinski definition) is 2. The van der Waals surface area contributed by atoms with E-state index in [2.05, 4.69) is 15.1 Å². The van der Waals surface area contributed by atoms with Gasteiger partial charge in [-0.2, -0.15) is 5.10 Å². The molecule has 0 spiro atoms. The molecule has 0 saturated carbocycles. The van der Waals surface area contributed by atoms with Gasteiger partial charge in [0.25, 0.3) is 0 Å². The lowest BCUT2D eigenvalue weighted by Gasteiger charge is -2.35. The highest BCUT2D eigenvalue weighted by Gasteiger charge is 2.29. The third-order valence-electron chi connectivity index (χ3n) is 4.53. The largest absolute Gasteiger partial charge is 0.505 e. The monoisotopic (exact) mass is 327 g/mol. The van der Waals surface area contributed by atoms with Crippen molar-refractivity contribution in [1.82, 2.24) is 15.1 Å². The highest BCUT2D eigenvalue weighted by Crippen LogP contribution is 2.38. The highest BCUT2D eigenvalue weighted by atomic mass is 19.1. The third kappa shape index (κ3) is 2.53. The van der Waals surface area contributed by atoms with Crippen LogP contribution in [0.25, 0.3) is 10.9 Å². The lowest BCUT2D eigenvalue weighted by Crippen LogP contribution is -2.39. The predicted octanol–water partition coefficient (Wildman–Crippen LogP) is 2.83. The van der Waals surface area contributed by atoms with Gasteiger partial charge in [0.2, 0.25) is 0 Å². The molecular formula is C18H18FN3O2. The van der Waals surface area contributed by atoms with E-state index in [9.17, 15) is 9.50 Å². The lowest BCUT2D eigenvalue weighted by atomic mass is 9.94. The fourth-order valence-electron chi connectivity index (χ4n) is 3.33. The maximum absolute atomic E-state index is 14.5. The highest BCUT2D eigenvalue weighted by molar-refractivity contribution is 5.85. The van der Waals surface area contributed by atoms with Gasteiger partial charge in [-0.15, -0.1) is 0 Å². The molecule has 0 amide bonds. The van der Waals surface area contributed by atoms with Crippen LogP contribution in [0.3, 0.4) is 0 Å². The van der Waals surface area contributed by atoms with E-state index >= 15 is 0 Å². The first-order valence-electron chi connectivity index (χ1n) is 7.97. The minimum atomic E-state index is -0.372. The minimum Gasteiger partial charge on any atom is -0.505 e. The number of aromatic amines is 1. The molecule has 1 fully saturated rings. The van der Waals surface area contributed by atoms with Crippen LogP contribution < -0.4 is 0 Å². The average Bonchev–Trinajstić information content (AvgIpc) is 3.09. The second-order valence-corrected chi connectivity index (χ2v) is 5.91. The van der Waals surface area contributed by atoms with Crippen LogP contribution in [0.1, 0.15) is 17.2 Å². The number of benzene rings is 2. The second kappa shape index (κ2) is 6.22. The Kier molecular flexibility index (Phi) is 3.92. The summed E-state index contributed by atoms with van der Waals surface area (Å²) >= 11 is 0. The number of halogens is 1. The maximum atomic E-state index is 14.5. The van der Waals surface area contributed by atoms with E-state index in [0.717, 1.165) is 5.39 Å². The number of aromatic nitrogens is 2. The number of fused-ring (bicyclic) bond motifs is 1. The first kappa shape index (κ1) is 15.1. The quantitative estimate of drug-likeness (QED) is 0.776. The molecule has 0 radical (unpaired) electrons. The molecule has 6 heteroatoms. The Hall–Kier alpha value is -2.44. The summed E-state index contributed by atoms with van der Waals surface area (Å²) in [4.78, 5) is 2.14. The van der Waals surface area contributed by atoms with Crippen LogP contribution in [0.2, 0.25) is 0 Å². The molecule has 1 aromatic heterocycles. The van der Waals surface area contributed by atoms with Crippen LogP contribution in [-0.4, -0.2) is 46.5 Å². The SMILES string of the molecule is Oc1c(C(c2ccccc2F)N2CCOCC2)ccc2cn[nH]c12. The molecule has 0 bridgehead atoms. The van der Waals surface area contributed by atoms with E-state index in [1.165, 1.54) is 6.07 Å². The van der Waals surface area contributed by atoms with Gasteiger partial charge in [-0.25, -0.2) is 4.39 Å². The van der Waals surface area contributed by atoms with Gasteiger partial charge in [0.1, 0.15) is 17.1 Å². The molecule has 2 aromatic carbocycles. The Bertz CT molecular complexity index is 858.